The molecule has 4 N–H and O–H groups in total. The molecule has 0 bridgehead atoms. The van der Waals surface area contributed by atoms with Crippen LogP contribution in [-0.2, 0) is 31.2 Å². The van der Waals surface area contributed by atoms with Crippen molar-refractivity contribution in [2.75, 3.05) is 11.1 Å². The first-order chi connectivity index (χ1) is 13.4. The van der Waals surface area contributed by atoms with Crippen LogP contribution in [0.15, 0.2) is 40.1 Å². The monoisotopic (exact) mass is 452 g/mol. The second kappa shape index (κ2) is 8.39. The van der Waals surface area contributed by atoms with Crippen LogP contribution < -0.4 is 10.5 Å². The second-order valence-corrected chi connectivity index (χ2v) is 9.37. The summed E-state index contributed by atoms with van der Waals surface area (Å²) >= 11 is 0. The third-order valence-electron chi connectivity index (χ3n) is 3.73. The van der Waals surface area contributed by atoms with Crippen molar-refractivity contribution in [2.24, 2.45) is 5.14 Å². The molecular weight excluding hydrogens is 437 g/mol. The number of hydrogen-bond acceptors (Lipinski definition) is 6. The summed E-state index contributed by atoms with van der Waals surface area (Å²) < 4.78 is 91.4. The number of hydrogen-bond donors (Lipinski definition) is 3. The van der Waals surface area contributed by atoms with Gasteiger partial charge in [-0.25, -0.2) is 35.1 Å². The number of carbonyl (C=O) groups is 1. The van der Waals surface area contributed by atoms with Gasteiger partial charge in [0, 0.05) is 6.54 Å². The Balaban J connectivity index is 2.72. The Morgan fingerprint density at radius 2 is 1.52 bits per heavy atom. The van der Waals surface area contributed by atoms with E-state index in [1.165, 1.54) is 0 Å². The number of aliphatic carboxylic acids is 1. The van der Waals surface area contributed by atoms with E-state index in [0.717, 1.165) is 0 Å². The normalized spacial score (nSPS) is 12.0. The zero-order chi connectivity index (χ0) is 22.0. The van der Waals surface area contributed by atoms with E-state index >= 15 is 0 Å². The molecule has 0 aromatic heterocycles. The van der Waals surface area contributed by atoms with Crippen LogP contribution in [0.3, 0.4) is 0 Å². The SMILES string of the molecule is NS(=O)(=O)c1c(F)c(F)c(S(=O)(=O)CCC(=O)O)c(NCc2ccccc2)c1F. The van der Waals surface area contributed by atoms with Gasteiger partial charge in [-0.05, 0) is 5.56 Å². The topological polar surface area (TPSA) is 144 Å². The van der Waals surface area contributed by atoms with Crippen molar-refractivity contribution in [3.63, 3.8) is 0 Å². The molecular formula is C16H15F3N2O6S2. The lowest BCUT2D eigenvalue weighted by atomic mass is 10.2. The van der Waals surface area contributed by atoms with Crippen molar-refractivity contribution in [3.8, 4) is 0 Å². The molecule has 0 saturated heterocycles. The average molecular weight is 452 g/mol. The Morgan fingerprint density at radius 1 is 0.966 bits per heavy atom. The molecule has 2 aromatic carbocycles. The maximum Gasteiger partial charge on any atom is 0.304 e. The van der Waals surface area contributed by atoms with Crippen molar-refractivity contribution in [2.45, 2.75) is 22.8 Å². The molecule has 0 aliphatic heterocycles. The van der Waals surface area contributed by atoms with E-state index in [9.17, 15) is 34.8 Å². The van der Waals surface area contributed by atoms with E-state index in [0.29, 0.717) is 5.56 Å². The lowest BCUT2D eigenvalue weighted by molar-refractivity contribution is -0.136. The largest absolute Gasteiger partial charge is 0.481 e. The molecule has 0 spiro atoms. The minimum atomic E-state index is -5.10. The fourth-order valence-electron chi connectivity index (χ4n) is 2.43. The van der Waals surface area contributed by atoms with E-state index in [4.69, 9.17) is 10.2 Å². The number of rotatable bonds is 8. The smallest absolute Gasteiger partial charge is 0.304 e. The first-order valence-corrected chi connectivity index (χ1v) is 11.0. The molecule has 0 amide bonds. The van der Waals surface area contributed by atoms with Crippen molar-refractivity contribution >= 4 is 31.5 Å². The van der Waals surface area contributed by atoms with E-state index in [1.54, 1.807) is 30.3 Å². The van der Waals surface area contributed by atoms with Crippen LogP contribution in [0.1, 0.15) is 12.0 Å². The van der Waals surface area contributed by atoms with Gasteiger partial charge in [0.1, 0.15) is 4.90 Å². The third kappa shape index (κ3) is 5.05. The lowest BCUT2D eigenvalue weighted by Gasteiger charge is -2.17. The van der Waals surface area contributed by atoms with Crippen LogP contribution in [0.4, 0.5) is 18.9 Å². The van der Waals surface area contributed by atoms with Gasteiger partial charge in [0.15, 0.2) is 32.2 Å². The third-order valence-corrected chi connectivity index (χ3v) is 6.40. The highest BCUT2D eigenvalue weighted by Gasteiger charge is 2.36. The molecule has 13 heteroatoms. The van der Waals surface area contributed by atoms with Crippen molar-refractivity contribution in [1.29, 1.82) is 0 Å². The van der Waals surface area contributed by atoms with Gasteiger partial charge in [0.05, 0.1) is 17.9 Å². The van der Waals surface area contributed by atoms with E-state index < -0.39 is 70.9 Å². The molecule has 158 valence electrons. The summed E-state index contributed by atoms with van der Waals surface area (Å²) in [6.07, 6.45) is -0.972. The number of benzene rings is 2. The van der Waals surface area contributed by atoms with Crippen LogP contribution >= 0.6 is 0 Å². The number of carboxylic acid groups (broad SMARTS) is 1. The summed E-state index contributed by atoms with van der Waals surface area (Å²) in [4.78, 5) is 7.30. The van der Waals surface area contributed by atoms with Gasteiger partial charge in [0.25, 0.3) is 0 Å². The molecule has 0 radical (unpaired) electrons. The van der Waals surface area contributed by atoms with Gasteiger partial charge in [-0.3, -0.25) is 4.79 Å². The first kappa shape index (κ1) is 22.6. The van der Waals surface area contributed by atoms with E-state index in [2.05, 4.69) is 5.32 Å². The lowest BCUT2D eigenvalue weighted by Crippen LogP contribution is -2.23. The number of anilines is 1. The highest BCUT2D eigenvalue weighted by atomic mass is 32.2. The Labute approximate surface area is 164 Å². The standard InChI is InChI=1S/C16H15F3N2O6S2/c17-11-12(18)16(28(24,25)7-6-10(22)23)14(13(19)15(11)29(20,26)27)21-8-9-4-2-1-3-5-9/h1-5,21H,6-8H2,(H,22,23)(H2,20,26,27). The molecule has 0 aliphatic carbocycles. The van der Waals surface area contributed by atoms with Crippen LogP contribution in [-0.4, -0.2) is 33.7 Å². The molecule has 0 aliphatic rings. The van der Waals surface area contributed by atoms with Crippen LogP contribution in [0.5, 0.6) is 0 Å². The molecule has 0 fully saturated rings. The number of nitrogens with one attached hydrogen (secondary N) is 1. The van der Waals surface area contributed by atoms with Crippen molar-refractivity contribution in [1.82, 2.24) is 0 Å². The number of carboxylic acids is 1. The van der Waals surface area contributed by atoms with Crippen molar-refractivity contribution in [3.05, 3.63) is 53.3 Å². The van der Waals surface area contributed by atoms with Gasteiger partial charge < -0.3 is 10.4 Å². The fraction of sp³-hybridized carbons (Fsp3) is 0.188. The highest BCUT2D eigenvalue weighted by Crippen LogP contribution is 2.35. The summed E-state index contributed by atoms with van der Waals surface area (Å²) in [5.41, 5.74) is -0.690. The van der Waals surface area contributed by atoms with Crippen LogP contribution in [0, 0.1) is 17.5 Å². The minimum Gasteiger partial charge on any atom is -0.481 e. The molecule has 0 heterocycles. The van der Waals surface area contributed by atoms with Crippen LogP contribution in [0.25, 0.3) is 0 Å². The zero-order valence-electron chi connectivity index (χ0n) is 14.5. The number of sulfone groups is 1. The highest BCUT2D eigenvalue weighted by molar-refractivity contribution is 7.91. The van der Waals surface area contributed by atoms with E-state index in [-0.39, 0.29) is 6.54 Å². The summed E-state index contributed by atoms with van der Waals surface area (Å²) in [5.74, 6) is -9.15. The summed E-state index contributed by atoms with van der Waals surface area (Å²) in [6.45, 7) is -0.283. The quantitative estimate of drug-likeness (QED) is 0.516. The molecule has 8 nitrogen and oxygen atoms in total. The van der Waals surface area contributed by atoms with E-state index in [1.807, 2.05) is 0 Å². The Morgan fingerprint density at radius 3 is 2.03 bits per heavy atom. The molecule has 2 rings (SSSR count). The first-order valence-electron chi connectivity index (χ1n) is 7.82. The predicted molar refractivity (Wildman–Crippen MR) is 95.8 cm³/mol. The zero-order valence-corrected chi connectivity index (χ0v) is 16.2. The maximum atomic E-state index is 14.8. The minimum absolute atomic E-state index is 0.283. The number of halogens is 3. The van der Waals surface area contributed by atoms with Gasteiger partial charge in [-0.2, -0.15) is 0 Å². The Kier molecular flexibility index (Phi) is 6.55. The van der Waals surface area contributed by atoms with Gasteiger partial charge in [-0.1, -0.05) is 30.3 Å². The number of nitrogens with two attached hydrogens (primary N) is 1. The molecule has 0 unspecified atom stereocenters. The summed E-state index contributed by atoms with van der Waals surface area (Å²) in [6, 6.07) is 7.94. The van der Waals surface area contributed by atoms with Crippen LogP contribution in [0.2, 0.25) is 0 Å². The number of primary sulfonamides is 1. The Bertz CT molecular complexity index is 1150. The molecule has 2 aromatic rings. The maximum absolute atomic E-state index is 14.8. The van der Waals surface area contributed by atoms with Gasteiger partial charge in [0.2, 0.25) is 10.0 Å². The summed E-state index contributed by atoms with van der Waals surface area (Å²) in [5, 5.41) is 15.6. The predicted octanol–water partition coefficient (Wildman–Crippen LogP) is 1.61. The molecule has 0 saturated carbocycles. The van der Waals surface area contributed by atoms with Gasteiger partial charge in [-0.15, -0.1) is 0 Å². The fourth-order valence-corrected chi connectivity index (χ4v) is 4.60. The molecule has 0 atom stereocenters. The Hall–Kier alpha value is -2.64. The summed E-state index contributed by atoms with van der Waals surface area (Å²) in [7, 11) is -9.96. The molecule has 29 heavy (non-hydrogen) atoms. The second-order valence-electron chi connectivity index (χ2n) is 5.82. The van der Waals surface area contributed by atoms with Gasteiger partial charge >= 0.3 is 5.97 Å². The van der Waals surface area contributed by atoms with Crippen molar-refractivity contribution < 1.29 is 39.9 Å². The number of sulfonamides is 1. The average Bonchev–Trinajstić information content (AvgIpc) is 2.61.